The first kappa shape index (κ1) is 12.6. The Morgan fingerprint density at radius 3 is 2.94 bits per heavy atom. The Kier molecular flexibility index (Phi) is 4.92. The average molecular weight is 222 g/mol. The Balaban J connectivity index is 2.35. The Morgan fingerprint density at radius 2 is 2.31 bits per heavy atom. The van der Waals surface area contributed by atoms with Crippen LogP contribution in [0.15, 0.2) is 18.3 Å². The van der Waals surface area contributed by atoms with Crippen molar-refractivity contribution in [3.05, 3.63) is 29.6 Å². The summed E-state index contributed by atoms with van der Waals surface area (Å²) in [6.45, 7) is 6.32. The zero-order valence-corrected chi connectivity index (χ0v) is 9.99. The average Bonchev–Trinajstić information content (AvgIpc) is 2.25. The quantitative estimate of drug-likeness (QED) is 0.820. The van der Waals surface area contributed by atoms with Gasteiger partial charge in [-0.1, -0.05) is 6.07 Å². The van der Waals surface area contributed by atoms with Gasteiger partial charge in [-0.3, -0.25) is 9.78 Å². The van der Waals surface area contributed by atoms with Crippen LogP contribution in [-0.2, 0) is 16.1 Å². The van der Waals surface area contributed by atoms with Gasteiger partial charge in [0.25, 0.3) is 0 Å². The molecule has 0 aliphatic rings. The highest BCUT2D eigenvalue weighted by Gasteiger charge is 2.04. The lowest BCUT2D eigenvalue weighted by Gasteiger charge is -2.09. The number of nitrogens with one attached hydrogen (secondary N) is 1. The SMILES string of the molecule is Cc1cccnc1CNC(=O)COC(C)C. The fraction of sp³-hybridized carbons (Fsp3) is 0.500. The maximum absolute atomic E-state index is 11.4. The van der Waals surface area contributed by atoms with Crippen molar-refractivity contribution in [2.75, 3.05) is 6.61 Å². The van der Waals surface area contributed by atoms with Crippen molar-refractivity contribution in [3.63, 3.8) is 0 Å². The number of hydrogen-bond acceptors (Lipinski definition) is 3. The molecule has 1 amide bonds. The molecule has 0 aliphatic heterocycles. The molecule has 0 bridgehead atoms. The molecule has 1 N–H and O–H groups in total. The normalized spacial score (nSPS) is 10.5. The Bertz CT molecular complexity index is 351. The van der Waals surface area contributed by atoms with Crippen molar-refractivity contribution in [1.82, 2.24) is 10.3 Å². The fourth-order valence-electron chi connectivity index (χ4n) is 1.18. The molecule has 0 fully saturated rings. The summed E-state index contributed by atoms with van der Waals surface area (Å²) in [4.78, 5) is 15.6. The highest BCUT2D eigenvalue weighted by Crippen LogP contribution is 2.01. The molecular formula is C12H18N2O2. The summed E-state index contributed by atoms with van der Waals surface area (Å²) in [5.41, 5.74) is 1.97. The third-order valence-corrected chi connectivity index (χ3v) is 2.12. The van der Waals surface area contributed by atoms with Crippen molar-refractivity contribution in [2.45, 2.75) is 33.4 Å². The summed E-state index contributed by atoms with van der Waals surface area (Å²) in [6.07, 6.45) is 1.79. The summed E-state index contributed by atoms with van der Waals surface area (Å²) in [5.74, 6) is -0.112. The molecule has 0 aliphatic carbocycles. The van der Waals surface area contributed by atoms with E-state index in [1.165, 1.54) is 0 Å². The molecule has 0 unspecified atom stereocenters. The van der Waals surface area contributed by atoms with Crippen LogP contribution in [0.5, 0.6) is 0 Å². The van der Waals surface area contributed by atoms with Crippen molar-refractivity contribution in [1.29, 1.82) is 0 Å². The summed E-state index contributed by atoms with van der Waals surface area (Å²) < 4.78 is 5.19. The van der Waals surface area contributed by atoms with Gasteiger partial charge in [-0.2, -0.15) is 0 Å². The molecule has 4 nitrogen and oxygen atoms in total. The first-order valence-electron chi connectivity index (χ1n) is 5.38. The minimum atomic E-state index is -0.112. The van der Waals surface area contributed by atoms with E-state index < -0.39 is 0 Å². The van der Waals surface area contributed by atoms with Crippen LogP contribution < -0.4 is 5.32 Å². The number of rotatable bonds is 5. The molecule has 0 saturated heterocycles. The van der Waals surface area contributed by atoms with Crippen molar-refractivity contribution in [3.8, 4) is 0 Å². The largest absolute Gasteiger partial charge is 0.369 e. The lowest BCUT2D eigenvalue weighted by atomic mass is 10.2. The third-order valence-electron chi connectivity index (χ3n) is 2.12. The van der Waals surface area contributed by atoms with Crippen molar-refractivity contribution < 1.29 is 9.53 Å². The highest BCUT2D eigenvalue weighted by atomic mass is 16.5. The molecule has 88 valence electrons. The van der Waals surface area contributed by atoms with Crippen LogP contribution in [0.25, 0.3) is 0 Å². The van der Waals surface area contributed by atoms with Crippen LogP contribution in [-0.4, -0.2) is 23.6 Å². The van der Waals surface area contributed by atoms with Gasteiger partial charge in [0.05, 0.1) is 18.3 Å². The molecule has 1 rings (SSSR count). The van der Waals surface area contributed by atoms with Gasteiger partial charge in [0.2, 0.25) is 5.91 Å². The second-order valence-corrected chi connectivity index (χ2v) is 3.90. The van der Waals surface area contributed by atoms with E-state index in [4.69, 9.17) is 4.74 Å². The highest BCUT2D eigenvalue weighted by molar-refractivity contribution is 5.77. The summed E-state index contributed by atoms with van der Waals surface area (Å²) in [6, 6.07) is 3.85. The fourth-order valence-corrected chi connectivity index (χ4v) is 1.18. The molecule has 0 aromatic carbocycles. The van der Waals surface area contributed by atoms with E-state index in [1.807, 2.05) is 32.9 Å². The van der Waals surface area contributed by atoms with E-state index in [0.29, 0.717) is 6.54 Å². The van der Waals surface area contributed by atoms with Crippen LogP contribution in [0.1, 0.15) is 25.1 Å². The molecule has 0 saturated carbocycles. The van der Waals surface area contributed by atoms with Crippen LogP contribution in [0, 0.1) is 6.92 Å². The molecule has 1 heterocycles. The summed E-state index contributed by atoms with van der Waals surface area (Å²) in [5, 5.41) is 2.77. The number of ether oxygens (including phenoxy) is 1. The van der Waals surface area contributed by atoms with E-state index in [0.717, 1.165) is 11.3 Å². The summed E-state index contributed by atoms with van der Waals surface area (Å²) >= 11 is 0. The van der Waals surface area contributed by atoms with Gasteiger partial charge in [-0.05, 0) is 32.4 Å². The van der Waals surface area contributed by atoms with Gasteiger partial charge in [0.1, 0.15) is 6.61 Å². The lowest BCUT2D eigenvalue weighted by Crippen LogP contribution is -2.28. The second-order valence-electron chi connectivity index (χ2n) is 3.90. The van der Waals surface area contributed by atoms with Crippen molar-refractivity contribution in [2.24, 2.45) is 0 Å². The van der Waals surface area contributed by atoms with E-state index in [9.17, 15) is 4.79 Å². The van der Waals surface area contributed by atoms with Crippen molar-refractivity contribution >= 4 is 5.91 Å². The maximum Gasteiger partial charge on any atom is 0.246 e. The third kappa shape index (κ3) is 4.40. The molecule has 4 heteroatoms. The Morgan fingerprint density at radius 1 is 1.56 bits per heavy atom. The molecule has 16 heavy (non-hydrogen) atoms. The second kappa shape index (κ2) is 6.23. The van der Waals surface area contributed by atoms with Gasteiger partial charge in [0.15, 0.2) is 0 Å². The predicted octanol–water partition coefficient (Wildman–Crippen LogP) is 1.43. The Labute approximate surface area is 96.0 Å². The van der Waals surface area contributed by atoms with E-state index in [-0.39, 0.29) is 18.6 Å². The van der Waals surface area contributed by atoms with E-state index in [1.54, 1.807) is 6.20 Å². The zero-order chi connectivity index (χ0) is 12.0. The smallest absolute Gasteiger partial charge is 0.246 e. The standard InChI is InChI=1S/C12H18N2O2/c1-9(2)16-8-12(15)14-7-11-10(3)5-4-6-13-11/h4-6,9H,7-8H2,1-3H3,(H,14,15). The number of hydrogen-bond donors (Lipinski definition) is 1. The Hall–Kier alpha value is -1.42. The van der Waals surface area contributed by atoms with Gasteiger partial charge in [-0.25, -0.2) is 0 Å². The van der Waals surface area contributed by atoms with Gasteiger partial charge in [-0.15, -0.1) is 0 Å². The van der Waals surface area contributed by atoms with Crippen LogP contribution in [0.2, 0.25) is 0 Å². The van der Waals surface area contributed by atoms with Gasteiger partial charge >= 0.3 is 0 Å². The van der Waals surface area contributed by atoms with Gasteiger partial charge in [0, 0.05) is 6.20 Å². The number of pyridine rings is 1. The first-order chi connectivity index (χ1) is 7.59. The molecule has 1 aromatic heterocycles. The van der Waals surface area contributed by atoms with Crippen LogP contribution in [0.3, 0.4) is 0 Å². The number of aryl methyl sites for hydroxylation is 1. The molecule has 0 spiro atoms. The zero-order valence-electron chi connectivity index (χ0n) is 9.99. The number of nitrogens with zero attached hydrogens (tertiary/aromatic N) is 1. The predicted molar refractivity (Wildman–Crippen MR) is 61.9 cm³/mol. The van der Waals surface area contributed by atoms with E-state index >= 15 is 0 Å². The monoisotopic (exact) mass is 222 g/mol. The number of amides is 1. The minimum Gasteiger partial charge on any atom is -0.369 e. The van der Waals surface area contributed by atoms with Crippen LogP contribution >= 0.6 is 0 Å². The number of aromatic nitrogens is 1. The lowest BCUT2D eigenvalue weighted by molar-refractivity contribution is -0.127. The minimum absolute atomic E-state index is 0.0716. The van der Waals surface area contributed by atoms with E-state index in [2.05, 4.69) is 10.3 Å². The molecule has 1 aromatic rings. The van der Waals surface area contributed by atoms with Gasteiger partial charge < -0.3 is 10.1 Å². The topological polar surface area (TPSA) is 51.2 Å². The molecule has 0 radical (unpaired) electrons. The molecular weight excluding hydrogens is 204 g/mol. The number of carbonyl (C=O) groups is 1. The summed E-state index contributed by atoms with van der Waals surface area (Å²) in [7, 11) is 0. The molecule has 0 atom stereocenters. The number of carbonyl (C=O) groups excluding carboxylic acids is 1. The van der Waals surface area contributed by atoms with Crippen LogP contribution in [0.4, 0.5) is 0 Å². The maximum atomic E-state index is 11.4. The first-order valence-corrected chi connectivity index (χ1v) is 5.38.